The molecule has 3 rings (SSSR count). The molecule has 0 aromatic heterocycles. The van der Waals surface area contributed by atoms with E-state index in [2.05, 4.69) is 0 Å². The summed E-state index contributed by atoms with van der Waals surface area (Å²) in [6, 6.07) is 20.9. The molecule has 0 amide bonds. The van der Waals surface area contributed by atoms with Gasteiger partial charge in [0.1, 0.15) is 12.4 Å². The highest BCUT2D eigenvalue weighted by atomic mass is 35.5. The SMILES string of the molecule is CCOC(Cc1ccc(OC/C=C/c2ccc(-c3cc(Cl)cc(Cl)c3)cc2)cc1)C(=O)O. The molecular formula is C26H24Cl2O4. The largest absolute Gasteiger partial charge is 0.490 e. The highest BCUT2D eigenvalue weighted by molar-refractivity contribution is 6.35. The summed E-state index contributed by atoms with van der Waals surface area (Å²) in [5.41, 5.74) is 3.95. The molecule has 1 unspecified atom stereocenters. The Morgan fingerprint density at radius 3 is 2.22 bits per heavy atom. The molecule has 0 radical (unpaired) electrons. The van der Waals surface area contributed by atoms with Crippen LogP contribution in [0.25, 0.3) is 17.2 Å². The molecule has 0 heterocycles. The molecule has 4 nitrogen and oxygen atoms in total. The van der Waals surface area contributed by atoms with Gasteiger partial charge in [-0.3, -0.25) is 0 Å². The van der Waals surface area contributed by atoms with E-state index < -0.39 is 12.1 Å². The van der Waals surface area contributed by atoms with Crippen LogP contribution in [0.15, 0.2) is 72.8 Å². The normalized spacial score (nSPS) is 12.1. The van der Waals surface area contributed by atoms with E-state index >= 15 is 0 Å². The average molecular weight is 471 g/mol. The molecule has 1 N–H and O–H groups in total. The van der Waals surface area contributed by atoms with Gasteiger partial charge in [-0.25, -0.2) is 4.79 Å². The Labute approximate surface area is 198 Å². The fourth-order valence-corrected chi connectivity index (χ4v) is 3.72. The summed E-state index contributed by atoms with van der Waals surface area (Å²) in [5, 5.41) is 10.4. The van der Waals surface area contributed by atoms with Crippen LogP contribution in [-0.4, -0.2) is 30.4 Å². The van der Waals surface area contributed by atoms with Crippen LogP contribution >= 0.6 is 23.2 Å². The van der Waals surface area contributed by atoms with Crippen LogP contribution in [0.5, 0.6) is 5.75 Å². The second-order valence-corrected chi connectivity index (χ2v) is 8.00. The maximum absolute atomic E-state index is 11.2. The third-order valence-corrected chi connectivity index (χ3v) is 5.19. The van der Waals surface area contributed by atoms with Crippen LogP contribution in [0.4, 0.5) is 0 Å². The first-order chi connectivity index (χ1) is 15.4. The van der Waals surface area contributed by atoms with E-state index in [-0.39, 0.29) is 0 Å². The Bertz CT molecular complexity index is 1040. The van der Waals surface area contributed by atoms with E-state index in [0.717, 1.165) is 28.0 Å². The molecule has 6 heteroatoms. The number of carboxylic acid groups (broad SMARTS) is 1. The lowest BCUT2D eigenvalue weighted by atomic mass is 10.0. The van der Waals surface area contributed by atoms with Crippen LogP contribution in [-0.2, 0) is 16.0 Å². The summed E-state index contributed by atoms with van der Waals surface area (Å²) < 4.78 is 11.0. The molecule has 3 aromatic rings. The summed E-state index contributed by atoms with van der Waals surface area (Å²) in [4.78, 5) is 11.2. The summed E-state index contributed by atoms with van der Waals surface area (Å²) in [6.07, 6.45) is 3.41. The van der Waals surface area contributed by atoms with Crippen LogP contribution < -0.4 is 4.74 Å². The van der Waals surface area contributed by atoms with Crippen LogP contribution in [0.3, 0.4) is 0 Å². The predicted molar refractivity (Wildman–Crippen MR) is 130 cm³/mol. The Morgan fingerprint density at radius 1 is 0.969 bits per heavy atom. The number of aliphatic carboxylic acids is 1. The fourth-order valence-electron chi connectivity index (χ4n) is 3.19. The van der Waals surface area contributed by atoms with E-state index in [1.165, 1.54) is 0 Å². The van der Waals surface area contributed by atoms with Gasteiger partial charge in [-0.05, 0) is 65.6 Å². The summed E-state index contributed by atoms with van der Waals surface area (Å²) in [5.74, 6) is -0.239. The summed E-state index contributed by atoms with van der Waals surface area (Å²) in [6.45, 7) is 2.56. The maximum Gasteiger partial charge on any atom is 0.333 e. The third kappa shape index (κ3) is 7.13. The Hall–Kier alpha value is -2.79. The highest BCUT2D eigenvalue weighted by Gasteiger charge is 2.17. The zero-order chi connectivity index (χ0) is 22.9. The minimum absolute atomic E-state index is 0.320. The van der Waals surface area contributed by atoms with Gasteiger partial charge >= 0.3 is 5.97 Å². The lowest BCUT2D eigenvalue weighted by Crippen LogP contribution is -2.26. The molecule has 0 bridgehead atoms. The van der Waals surface area contributed by atoms with Crippen molar-refractivity contribution in [2.24, 2.45) is 0 Å². The van der Waals surface area contributed by atoms with Crippen LogP contribution in [0, 0.1) is 0 Å². The Morgan fingerprint density at radius 2 is 1.62 bits per heavy atom. The lowest BCUT2D eigenvalue weighted by Gasteiger charge is -2.12. The van der Waals surface area contributed by atoms with Gasteiger partial charge < -0.3 is 14.6 Å². The zero-order valence-electron chi connectivity index (χ0n) is 17.6. The van der Waals surface area contributed by atoms with E-state index in [1.54, 1.807) is 13.0 Å². The van der Waals surface area contributed by atoms with Gasteiger partial charge in [-0.1, -0.05) is 65.7 Å². The minimum Gasteiger partial charge on any atom is -0.490 e. The molecule has 166 valence electrons. The van der Waals surface area contributed by atoms with Crippen molar-refractivity contribution in [3.63, 3.8) is 0 Å². The standard InChI is InChI=1S/C26H24Cl2O4/c1-2-31-25(26(29)30)14-19-7-11-24(12-8-19)32-13-3-4-18-5-9-20(10-6-18)21-15-22(27)17-23(28)16-21/h3-12,15-17,25H,2,13-14H2,1H3,(H,29,30)/b4-3+. The number of hydrogen-bond acceptors (Lipinski definition) is 3. The number of hydrogen-bond donors (Lipinski definition) is 1. The van der Waals surface area contributed by atoms with E-state index in [1.807, 2.05) is 72.8 Å². The molecule has 0 saturated heterocycles. The zero-order valence-corrected chi connectivity index (χ0v) is 19.1. The minimum atomic E-state index is -0.957. The van der Waals surface area contributed by atoms with Gasteiger partial charge in [0.25, 0.3) is 0 Å². The molecule has 1 atom stereocenters. The van der Waals surface area contributed by atoms with Crippen LogP contribution in [0.1, 0.15) is 18.1 Å². The van der Waals surface area contributed by atoms with E-state index in [4.69, 9.17) is 32.7 Å². The second kappa shape index (κ2) is 11.7. The molecule has 0 saturated carbocycles. The van der Waals surface area contributed by atoms with Gasteiger partial charge in [0, 0.05) is 23.1 Å². The lowest BCUT2D eigenvalue weighted by molar-refractivity contribution is -0.149. The molecule has 0 aliphatic carbocycles. The van der Waals surface area contributed by atoms with Crippen molar-refractivity contribution in [3.8, 4) is 16.9 Å². The Balaban J connectivity index is 1.51. The molecule has 0 aliphatic heterocycles. The molecule has 0 fully saturated rings. The number of ether oxygens (including phenoxy) is 2. The van der Waals surface area contributed by atoms with Crippen molar-refractivity contribution in [2.45, 2.75) is 19.4 Å². The van der Waals surface area contributed by atoms with Gasteiger partial charge in [-0.15, -0.1) is 0 Å². The number of rotatable bonds is 10. The quantitative estimate of drug-likeness (QED) is 0.354. The van der Waals surface area contributed by atoms with Crippen molar-refractivity contribution in [1.82, 2.24) is 0 Å². The second-order valence-electron chi connectivity index (χ2n) is 7.12. The number of benzene rings is 3. The first-order valence-corrected chi connectivity index (χ1v) is 11.0. The first kappa shape index (κ1) is 23.9. The fraction of sp³-hybridized carbons (Fsp3) is 0.192. The number of carboxylic acids is 1. The molecule has 3 aromatic carbocycles. The van der Waals surface area contributed by atoms with Gasteiger partial charge in [-0.2, -0.15) is 0 Å². The average Bonchev–Trinajstić information content (AvgIpc) is 2.77. The Kier molecular flexibility index (Phi) is 8.74. The maximum atomic E-state index is 11.2. The van der Waals surface area contributed by atoms with Gasteiger partial charge in [0.05, 0.1) is 0 Å². The summed E-state index contributed by atoms with van der Waals surface area (Å²) in [7, 11) is 0. The predicted octanol–water partition coefficient (Wildman–Crippen LogP) is 6.78. The van der Waals surface area contributed by atoms with Gasteiger partial charge in [0.2, 0.25) is 0 Å². The molecular weight excluding hydrogens is 447 g/mol. The third-order valence-electron chi connectivity index (χ3n) is 4.75. The van der Waals surface area contributed by atoms with Crippen molar-refractivity contribution >= 4 is 35.2 Å². The number of halogens is 2. The first-order valence-electron chi connectivity index (χ1n) is 10.2. The molecule has 32 heavy (non-hydrogen) atoms. The summed E-state index contributed by atoms with van der Waals surface area (Å²) >= 11 is 12.2. The highest BCUT2D eigenvalue weighted by Crippen LogP contribution is 2.27. The van der Waals surface area contributed by atoms with Crippen LogP contribution in [0.2, 0.25) is 10.0 Å². The van der Waals surface area contributed by atoms with Crippen molar-refractivity contribution in [1.29, 1.82) is 0 Å². The van der Waals surface area contributed by atoms with E-state index in [0.29, 0.717) is 29.7 Å². The van der Waals surface area contributed by atoms with Crippen molar-refractivity contribution < 1.29 is 19.4 Å². The topological polar surface area (TPSA) is 55.8 Å². The van der Waals surface area contributed by atoms with E-state index in [9.17, 15) is 9.90 Å². The van der Waals surface area contributed by atoms with Crippen molar-refractivity contribution in [2.75, 3.05) is 13.2 Å². The van der Waals surface area contributed by atoms with Crippen molar-refractivity contribution in [3.05, 3.63) is 94.0 Å². The number of carbonyl (C=O) groups is 1. The molecule has 0 aliphatic rings. The smallest absolute Gasteiger partial charge is 0.333 e. The molecule has 0 spiro atoms. The monoisotopic (exact) mass is 470 g/mol. The van der Waals surface area contributed by atoms with Gasteiger partial charge in [0.15, 0.2) is 6.10 Å².